The van der Waals surface area contributed by atoms with E-state index < -0.39 is 10.0 Å². The third-order valence-electron chi connectivity index (χ3n) is 4.84. The average Bonchev–Trinajstić information content (AvgIpc) is 2.65. The van der Waals surface area contributed by atoms with E-state index in [2.05, 4.69) is 11.8 Å². The summed E-state index contributed by atoms with van der Waals surface area (Å²) in [6.45, 7) is 5.10. The maximum atomic E-state index is 12.9. The van der Waals surface area contributed by atoms with Gasteiger partial charge in [0.15, 0.2) is 0 Å². The van der Waals surface area contributed by atoms with Crippen LogP contribution in [0.15, 0.2) is 47.4 Å². The first kappa shape index (κ1) is 20.6. The van der Waals surface area contributed by atoms with Gasteiger partial charge < -0.3 is 0 Å². The Morgan fingerprint density at radius 2 is 1.63 bits per heavy atom. The molecule has 0 unspecified atom stereocenters. The molecule has 0 amide bonds. The van der Waals surface area contributed by atoms with Crippen LogP contribution in [0.2, 0.25) is 10.0 Å². The predicted octanol–water partition coefficient (Wildman–Crippen LogP) is 4.45. The van der Waals surface area contributed by atoms with Crippen molar-refractivity contribution in [3.63, 3.8) is 0 Å². The van der Waals surface area contributed by atoms with Crippen LogP contribution in [0.25, 0.3) is 0 Å². The largest absolute Gasteiger partial charge is 0.296 e. The van der Waals surface area contributed by atoms with E-state index >= 15 is 0 Å². The van der Waals surface area contributed by atoms with E-state index in [-0.39, 0.29) is 0 Å². The van der Waals surface area contributed by atoms with Crippen LogP contribution >= 0.6 is 23.2 Å². The van der Waals surface area contributed by atoms with Gasteiger partial charge in [-0.2, -0.15) is 4.31 Å². The Bertz CT molecular complexity index is 877. The van der Waals surface area contributed by atoms with E-state index in [1.807, 2.05) is 24.3 Å². The number of halogens is 2. The lowest BCUT2D eigenvalue weighted by molar-refractivity contribution is 0.181. The van der Waals surface area contributed by atoms with Gasteiger partial charge in [0.2, 0.25) is 10.0 Å². The van der Waals surface area contributed by atoms with E-state index in [4.69, 9.17) is 23.2 Å². The molecule has 27 heavy (non-hydrogen) atoms. The minimum atomic E-state index is -3.44. The molecule has 146 valence electrons. The van der Waals surface area contributed by atoms with Gasteiger partial charge >= 0.3 is 0 Å². The fourth-order valence-electron chi connectivity index (χ4n) is 3.28. The molecule has 1 aliphatic heterocycles. The first-order valence-corrected chi connectivity index (χ1v) is 11.3. The molecule has 1 fully saturated rings. The smallest absolute Gasteiger partial charge is 0.243 e. The summed E-state index contributed by atoms with van der Waals surface area (Å²) in [7, 11) is -3.44. The van der Waals surface area contributed by atoms with Crippen molar-refractivity contribution >= 4 is 33.2 Å². The van der Waals surface area contributed by atoms with Gasteiger partial charge in [0, 0.05) is 42.8 Å². The van der Waals surface area contributed by atoms with Crippen LogP contribution < -0.4 is 0 Å². The number of nitrogens with zero attached hydrogens (tertiary/aromatic N) is 2. The molecule has 2 aromatic carbocycles. The van der Waals surface area contributed by atoms with Crippen LogP contribution in [0.3, 0.4) is 0 Å². The highest BCUT2D eigenvalue weighted by Crippen LogP contribution is 2.24. The maximum absolute atomic E-state index is 12.9. The lowest BCUT2D eigenvalue weighted by Gasteiger charge is -2.34. The zero-order valence-corrected chi connectivity index (χ0v) is 17.7. The van der Waals surface area contributed by atoms with Crippen LogP contribution in [-0.2, 0) is 23.0 Å². The second-order valence-corrected chi connectivity index (χ2v) is 9.59. The molecule has 4 nitrogen and oxygen atoms in total. The van der Waals surface area contributed by atoms with Crippen molar-refractivity contribution in [2.45, 2.75) is 31.2 Å². The number of rotatable bonds is 6. The summed E-state index contributed by atoms with van der Waals surface area (Å²) in [5, 5.41) is 1.26. The molecule has 1 saturated heterocycles. The standard InChI is InChI=1S/C20H24Cl2N2O2S/c1-2-3-16-4-8-19(9-5-16)27(25,26)24-12-10-23(11-13-24)15-17-6-7-18(21)14-20(17)22/h4-9,14H,2-3,10-13,15H2,1H3. The molecule has 0 radical (unpaired) electrons. The van der Waals surface area contributed by atoms with Gasteiger partial charge in [-0.15, -0.1) is 0 Å². The molecule has 3 rings (SSSR count). The summed E-state index contributed by atoms with van der Waals surface area (Å²) in [5.74, 6) is 0. The Hall–Kier alpha value is -1.11. The Labute approximate surface area is 171 Å². The normalized spacial score (nSPS) is 16.6. The molecule has 1 heterocycles. The zero-order valence-electron chi connectivity index (χ0n) is 15.4. The van der Waals surface area contributed by atoms with Crippen molar-refractivity contribution in [1.29, 1.82) is 0 Å². The first-order chi connectivity index (χ1) is 12.9. The van der Waals surface area contributed by atoms with Gasteiger partial charge in [-0.25, -0.2) is 8.42 Å². The zero-order chi connectivity index (χ0) is 19.4. The second-order valence-electron chi connectivity index (χ2n) is 6.81. The summed E-state index contributed by atoms with van der Waals surface area (Å²) in [6.07, 6.45) is 2.01. The molecule has 2 aromatic rings. The van der Waals surface area contributed by atoms with Gasteiger partial charge in [-0.1, -0.05) is 54.7 Å². The third kappa shape index (κ3) is 5.04. The molecule has 0 spiro atoms. The van der Waals surface area contributed by atoms with E-state index in [0.717, 1.165) is 18.4 Å². The quantitative estimate of drug-likeness (QED) is 0.684. The van der Waals surface area contributed by atoms with Gasteiger partial charge in [0.25, 0.3) is 0 Å². The molecule has 7 heteroatoms. The van der Waals surface area contributed by atoms with Crippen molar-refractivity contribution < 1.29 is 8.42 Å². The summed E-state index contributed by atoms with van der Waals surface area (Å²) in [4.78, 5) is 2.59. The van der Waals surface area contributed by atoms with Crippen LogP contribution in [0.5, 0.6) is 0 Å². The van der Waals surface area contributed by atoms with Crippen LogP contribution in [0.1, 0.15) is 24.5 Å². The lowest BCUT2D eigenvalue weighted by atomic mass is 10.1. The van der Waals surface area contributed by atoms with Crippen molar-refractivity contribution in [3.8, 4) is 0 Å². The minimum Gasteiger partial charge on any atom is -0.296 e. The fraction of sp³-hybridized carbons (Fsp3) is 0.400. The SMILES string of the molecule is CCCc1ccc(S(=O)(=O)N2CCN(Cc3ccc(Cl)cc3Cl)CC2)cc1. The molecule has 0 aliphatic carbocycles. The number of sulfonamides is 1. The molecule has 1 aliphatic rings. The van der Waals surface area contributed by atoms with Crippen molar-refractivity contribution in [3.05, 3.63) is 63.6 Å². The highest BCUT2D eigenvalue weighted by Gasteiger charge is 2.28. The van der Waals surface area contributed by atoms with E-state index in [1.54, 1.807) is 22.5 Å². The highest BCUT2D eigenvalue weighted by molar-refractivity contribution is 7.89. The second kappa shape index (κ2) is 8.93. The number of hydrogen-bond donors (Lipinski definition) is 0. The third-order valence-corrected chi connectivity index (χ3v) is 7.34. The van der Waals surface area contributed by atoms with Gasteiger partial charge in [0.1, 0.15) is 0 Å². The fourth-order valence-corrected chi connectivity index (χ4v) is 5.18. The van der Waals surface area contributed by atoms with Crippen molar-refractivity contribution in [2.24, 2.45) is 0 Å². The van der Waals surface area contributed by atoms with Gasteiger partial charge in [-0.3, -0.25) is 4.90 Å². The van der Waals surface area contributed by atoms with Crippen molar-refractivity contribution in [1.82, 2.24) is 9.21 Å². The average molecular weight is 427 g/mol. The number of hydrogen-bond acceptors (Lipinski definition) is 3. The van der Waals surface area contributed by atoms with Crippen LogP contribution in [0.4, 0.5) is 0 Å². The number of benzene rings is 2. The Morgan fingerprint density at radius 1 is 0.963 bits per heavy atom. The number of aryl methyl sites for hydroxylation is 1. The van der Waals surface area contributed by atoms with Crippen LogP contribution in [-0.4, -0.2) is 43.8 Å². The van der Waals surface area contributed by atoms with E-state index in [0.29, 0.717) is 47.7 Å². The van der Waals surface area contributed by atoms with Crippen LogP contribution in [0, 0.1) is 0 Å². The minimum absolute atomic E-state index is 0.372. The topological polar surface area (TPSA) is 40.6 Å². The van der Waals surface area contributed by atoms with E-state index in [1.165, 1.54) is 5.56 Å². The predicted molar refractivity (Wildman–Crippen MR) is 111 cm³/mol. The summed E-state index contributed by atoms with van der Waals surface area (Å²) in [6, 6.07) is 12.8. The van der Waals surface area contributed by atoms with Gasteiger partial charge in [-0.05, 0) is 41.8 Å². The first-order valence-electron chi connectivity index (χ1n) is 9.15. The summed E-state index contributed by atoms with van der Waals surface area (Å²) >= 11 is 12.2. The lowest BCUT2D eigenvalue weighted by Crippen LogP contribution is -2.48. The molecular formula is C20H24Cl2N2O2S. The van der Waals surface area contributed by atoms with E-state index in [9.17, 15) is 8.42 Å². The van der Waals surface area contributed by atoms with Crippen molar-refractivity contribution in [2.75, 3.05) is 26.2 Å². The monoisotopic (exact) mass is 426 g/mol. The molecule has 0 aromatic heterocycles. The molecule has 0 atom stereocenters. The molecule has 0 bridgehead atoms. The Kier molecular flexibility index (Phi) is 6.82. The highest BCUT2D eigenvalue weighted by atomic mass is 35.5. The Balaban J connectivity index is 1.62. The van der Waals surface area contributed by atoms with Gasteiger partial charge in [0.05, 0.1) is 4.90 Å². The molecular weight excluding hydrogens is 403 g/mol. The number of piperazine rings is 1. The molecule has 0 saturated carbocycles. The molecule has 0 N–H and O–H groups in total. The Morgan fingerprint density at radius 3 is 2.22 bits per heavy atom. The maximum Gasteiger partial charge on any atom is 0.243 e. The summed E-state index contributed by atoms with van der Waals surface area (Å²) in [5.41, 5.74) is 2.17. The summed E-state index contributed by atoms with van der Waals surface area (Å²) < 4.78 is 27.3.